The van der Waals surface area contributed by atoms with Crippen LogP contribution in [-0.2, 0) is 4.74 Å². The van der Waals surface area contributed by atoms with Crippen LogP contribution in [0.3, 0.4) is 0 Å². The van der Waals surface area contributed by atoms with Gasteiger partial charge in [0.05, 0.1) is 19.3 Å². The van der Waals surface area contributed by atoms with Crippen molar-refractivity contribution in [2.75, 3.05) is 19.0 Å². The van der Waals surface area contributed by atoms with Crippen molar-refractivity contribution in [1.82, 2.24) is 0 Å². The van der Waals surface area contributed by atoms with Crippen LogP contribution >= 0.6 is 38.9 Å². The number of carbonyl (C=O) groups excluding carboxylic acids is 2. The number of methoxy groups -OCH3 is 1. The molecule has 8 heteroatoms. The first kappa shape index (κ1) is 21.4. The average molecular weight is 495 g/mol. The fourth-order valence-electron chi connectivity index (χ4n) is 2.73. The molecule has 3 rings (SSSR count). The molecule has 1 N–H and O–H groups in total. The van der Waals surface area contributed by atoms with E-state index in [0.29, 0.717) is 26.9 Å². The topological polar surface area (TPSA) is 64.6 Å². The summed E-state index contributed by atoms with van der Waals surface area (Å²) in [4.78, 5) is 25.5. The van der Waals surface area contributed by atoms with Crippen molar-refractivity contribution >= 4 is 55.7 Å². The molecule has 1 heterocycles. The Kier molecular flexibility index (Phi) is 6.95. The molecule has 0 aliphatic rings. The Morgan fingerprint density at radius 1 is 1.17 bits per heavy atom. The van der Waals surface area contributed by atoms with Gasteiger partial charge in [0.2, 0.25) is 0 Å². The minimum Gasteiger partial charge on any atom is -0.496 e. The lowest BCUT2D eigenvalue weighted by molar-refractivity contribution is 0.0529. The molecule has 3 aromatic rings. The summed E-state index contributed by atoms with van der Waals surface area (Å²) in [5, 5.41) is 5.42. The number of nitrogens with one attached hydrogen (secondary N) is 1. The molecule has 0 saturated heterocycles. The molecule has 2 aromatic carbocycles. The second kappa shape index (κ2) is 9.43. The van der Waals surface area contributed by atoms with E-state index >= 15 is 0 Å². The lowest BCUT2D eigenvalue weighted by Crippen LogP contribution is -2.15. The monoisotopic (exact) mass is 493 g/mol. The van der Waals surface area contributed by atoms with E-state index in [1.165, 1.54) is 24.5 Å². The first-order chi connectivity index (χ1) is 13.9. The van der Waals surface area contributed by atoms with Crippen molar-refractivity contribution in [2.45, 2.75) is 6.92 Å². The summed E-state index contributed by atoms with van der Waals surface area (Å²) in [7, 11) is 1.47. The van der Waals surface area contributed by atoms with Gasteiger partial charge in [0.25, 0.3) is 5.91 Å². The molecule has 1 aromatic heterocycles. The Bertz CT molecular complexity index is 1050. The molecule has 0 aliphatic carbocycles. The van der Waals surface area contributed by atoms with Gasteiger partial charge in [-0.1, -0.05) is 39.7 Å². The number of ether oxygens (including phenoxy) is 2. The molecular formula is C21H17BrClNO4S. The molecule has 29 heavy (non-hydrogen) atoms. The average Bonchev–Trinajstić information content (AvgIpc) is 3.12. The van der Waals surface area contributed by atoms with E-state index in [2.05, 4.69) is 21.2 Å². The van der Waals surface area contributed by atoms with E-state index in [4.69, 9.17) is 21.1 Å². The van der Waals surface area contributed by atoms with Gasteiger partial charge in [-0.3, -0.25) is 4.79 Å². The van der Waals surface area contributed by atoms with Crippen LogP contribution in [0.25, 0.3) is 11.1 Å². The molecule has 0 spiro atoms. The summed E-state index contributed by atoms with van der Waals surface area (Å²) in [5.41, 5.74) is 2.12. The van der Waals surface area contributed by atoms with Gasteiger partial charge >= 0.3 is 5.97 Å². The number of benzene rings is 2. The molecule has 0 bridgehead atoms. The summed E-state index contributed by atoms with van der Waals surface area (Å²) in [6.45, 7) is 1.96. The van der Waals surface area contributed by atoms with Crippen molar-refractivity contribution in [2.24, 2.45) is 0 Å². The number of rotatable bonds is 6. The molecule has 0 fully saturated rings. The number of amides is 1. The summed E-state index contributed by atoms with van der Waals surface area (Å²) in [5.74, 6) is -0.548. The van der Waals surface area contributed by atoms with Gasteiger partial charge in [0, 0.05) is 20.4 Å². The Morgan fingerprint density at radius 2 is 1.90 bits per heavy atom. The summed E-state index contributed by atoms with van der Waals surface area (Å²) < 4.78 is 11.4. The van der Waals surface area contributed by atoms with Crippen molar-refractivity contribution in [3.8, 4) is 16.9 Å². The predicted octanol–water partition coefficient (Wildman–Crippen LogP) is 6.27. The fraction of sp³-hybridized carbons (Fsp3) is 0.143. The number of halogens is 2. The van der Waals surface area contributed by atoms with E-state index in [1.807, 2.05) is 29.6 Å². The second-order valence-corrected chi connectivity index (χ2v) is 8.11. The number of carbonyl (C=O) groups is 2. The van der Waals surface area contributed by atoms with Crippen LogP contribution in [-0.4, -0.2) is 25.6 Å². The minimum absolute atomic E-state index is 0.226. The molecule has 0 saturated carbocycles. The summed E-state index contributed by atoms with van der Waals surface area (Å²) >= 11 is 10.7. The molecular weight excluding hydrogens is 478 g/mol. The maximum atomic E-state index is 12.9. The Hall–Kier alpha value is -2.35. The molecule has 0 unspecified atom stereocenters. The lowest BCUT2D eigenvalue weighted by Gasteiger charge is -2.11. The van der Waals surface area contributed by atoms with Crippen LogP contribution in [0.2, 0.25) is 5.02 Å². The molecule has 1 amide bonds. The van der Waals surface area contributed by atoms with Crippen molar-refractivity contribution in [3.05, 3.63) is 68.5 Å². The number of thiophene rings is 1. The molecule has 5 nitrogen and oxygen atoms in total. The van der Waals surface area contributed by atoms with Gasteiger partial charge in [-0.2, -0.15) is 0 Å². The normalized spacial score (nSPS) is 10.5. The minimum atomic E-state index is -0.500. The van der Waals surface area contributed by atoms with Crippen molar-refractivity contribution in [3.63, 3.8) is 0 Å². The number of hydrogen-bond donors (Lipinski definition) is 1. The Balaban J connectivity index is 2.01. The van der Waals surface area contributed by atoms with Gasteiger partial charge in [-0.15, -0.1) is 11.3 Å². The first-order valence-corrected chi connectivity index (χ1v) is 10.7. The first-order valence-electron chi connectivity index (χ1n) is 8.64. The van der Waals surface area contributed by atoms with Gasteiger partial charge in [0.15, 0.2) is 0 Å². The highest BCUT2D eigenvalue weighted by molar-refractivity contribution is 9.10. The maximum Gasteiger partial charge on any atom is 0.341 e. The van der Waals surface area contributed by atoms with E-state index in [-0.39, 0.29) is 12.2 Å². The number of anilines is 1. The summed E-state index contributed by atoms with van der Waals surface area (Å²) in [6, 6.07) is 12.3. The Morgan fingerprint density at radius 3 is 2.55 bits per heavy atom. The van der Waals surface area contributed by atoms with E-state index in [0.717, 1.165) is 10.0 Å². The molecule has 0 aliphatic heterocycles. The van der Waals surface area contributed by atoms with Crippen molar-refractivity contribution in [1.29, 1.82) is 0 Å². The molecule has 0 radical (unpaired) electrons. The highest BCUT2D eigenvalue weighted by Gasteiger charge is 2.24. The number of esters is 1. The third-order valence-electron chi connectivity index (χ3n) is 4.06. The van der Waals surface area contributed by atoms with Gasteiger partial charge in [-0.25, -0.2) is 4.79 Å². The van der Waals surface area contributed by atoms with Gasteiger partial charge in [-0.05, 0) is 42.8 Å². The van der Waals surface area contributed by atoms with Crippen molar-refractivity contribution < 1.29 is 19.1 Å². The van der Waals surface area contributed by atoms with Crippen LogP contribution in [0, 0.1) is 0 Å². The SMILES string of the molecule is CCOC(=O)c1c(-c2ccc(Br)cc2)csc1NC(=O)c1cc(Cl)ccc1OC. The van der Waals surface area contributed by atoms with E-state index in [1.54, 1.807) is 19.1 Å². The van der Waals surface area contributed by atoms with Gasteiger partial charge in [0.1, 0.15) is 16.3 Å². The molecule has 0 atom stereocenters. The smallest absolute Gasteiger partial charge is 0.341 e. The number of hydrogen-bond acceptors (Lipinski definition) is 5. The third kappa shape index (κ3) is 4.80. The van der Waals surface area contributed by atoms with Crippen LogP contribution in [0.15, 0.2) is 52.3 Å². The largest absolute Gasteiger partial charge is 0.496 e. The standard InChI is InChI=1S/C21H17BrClNO4S/c1-3-28-21(26)18-16(12-4-6-13(22)7-5-12)11-29-20(18)24-19(25)15-10-14(23)8-9-17(15)27-2/h4-11H,3H2,1-2H3,(H,24,25). The zero-order valence-electron chi connectivity index (χ0n) is 15.6. The van der Waals surface area contributed by atoms with E-state index in [9.17, 15) is 9.59 Å². The van der Waals surface area contributed by atoms with E-state index < -0.39 is 11.9 Å². The fourth-order valence-corrected chi connectivity index (χ4v) is 4.11. The zero-order valence-corrected chi connectivity index (χ0v) is 18.8. The maximum absolute atomic E-state index is 12.9. The summed E-state index contributed by atoms with van der Waals surface area (Å²) in [6.07, 6.45) is 0. The zero-order chi connectivity index (χ0) is 21.0. The molecule has 150 valence electrons. The second-order valence-electron chi connectivity index (χ2n) is 5.88. The third-order valence-corrected chi connectivity index (χ3v) is 5.72. The van der Waals surface area contributed by atoms with Crippen LogP contribution in [0.5, 0.6) is 5.75 Å². The predicted molar refractivity (Wildman–Crippen MR) is 119 cm³/mol. The highest BCUT2D eigenvalue weighted by Crippen LogP contribution is 2.37. The van der Waals surface area contributed by atoms with Crippen LogP contribution in [0.4, 0.5) is 5.00 Å². The van der Waals surface area contributed by atoms with Crippen LogP contribution < -0.4 is 10.1 Å². The quantitative estimate of drug-likeness (QED) is 0.410. The van der Waals surface area contributed by atoms with Crippen LogP contribution in [0.1, 0.15) is 27.6 Å². The van der Waals surface area contributed by atoms with Gasteiger partial charge < -0.3 is 14.8 Å². The Labute approximate surface area is 185 Å². The lowest BCUT2D eigenvalue weighted by atomic mass is 10.0. The highest BCUT2D eigenvalue weighted by atomic mass is 79.9.